The van der Waals surface area contributed by atoms with Crippen LogP contribution in [0, 0.1) is 5.92 Å². The molecule has 0 radical (unpaired) electrons. The summed E-state index contributed by atoms with van der Waals surface area (Å²) in [6, 6.07) is 5.88. The van der Waals surface area contributed by atoms with Crippen LogP contribution in [0.2, 0.25) is 0 Å². The Balaban J connectivity index is 2.17. The predicted molar refractivity (Wildman–Crippen MR) is 88.1 cm³/mol. The summed E-state index contributed by atoms with van der Waals surface area (Å²) in [5.74, 6) is 0.254. The fourth-order valence-electron chi connectivity index (χ4n) is 3.11. The van der Waals surface area contributed by atoms with Crippen LogP contribution in [0.1, 0.15) is 51.5 Å². The molecule has 0 spiro atoms. The van der Waals surface area contributed by atoms with Crippen molar-refractivity contribution in [1.29, 1.82) is 0 Å². The van der Waals surface area contributed by atoms with Crippen molar-refractivity contribution in [2.24, 2.45) is 5.92 Å². The van der Waals surface area contributed by atoms with Gasteiger partial charge < -0.3 is 8.83 Å². The van der Waals surface area contributed by atoms with Gasteiger partial charge in [0.1, 0.15) is 16.9 Å². The lowest BCUT2D eigenvalue weighted by atomic mass is 9.84. The topological polar surface area (TPSA) is 43.4 Å². The number of rotatable bonds is 6. The zero-order valence-corrected chi connectivity index (χ0v) is 13.4. The third-order valence-corrected chi connectivity index (χ3v) is 4.58. The van der Waals surface area contributed by atoms with Gasteiger partial charge in [-0.05, 0) is 31.0 Å². The first-order valence-electron chi connectivity index (χ1n) is 8.08. The van der Waals surface area contributed by atoms with Crippen LogP contribution in [-0.2, 0) is 4.79 Å². The van der Waals surface area contributed by atoms with Gasteiger partial charge in [-0.25, -0.2) is 0 Å². The van der Waals surface area contributed by atoms with Crippen molar-refractivity contribution in [3.63, 3.8) is 0 Å². The predicted octanol–water partition coefficient (Wildman–Crippen LogP) is 5.68. The van der Waals surface area contributed by atoms with Crippen LogP contribution >= 0.6 is 0 Å². The lowest BCUT2D eigenvalue weighted by Gasteiger charge is -2.18. The van der Waals surface area contributed by atoms with Crippen LogP contribution in [0.4, 0.5) is 0 Å². The van der Waals surface area contributed by atoms with Gasteiger partial charge in [0.25, 0.3) is 0 Å². The summed E-state index contributed by atoms with van der Waals surface area (Å²) in [4.78, 5) is 12.8. The molecule has 3 rings (SSSR count). The minimum Gasteiger partial charge on any atom is -0.464 e. The molecule has 116 valence electrons. The molecule has 0 aliphatic rings. The van der Waals surface area contributed by atoms with Crippen LogP contribution in [0.15, 0.2) is 39.6 Å². The number of fused-ring (bicyclic) bond motifs is 3. The van der Waals surface area contributed by atoms with E-state index in [2.05, 4.69) is 13.8 Å². The van der Waals surface area contributed by atoms with Gasteiger partial charge >= 0.3 is 0 Å². The minimum atomic E-state index is -0.114. The summed E-state index contributed by atoms with van der Waals surface area (Å²) in [6.07, 6.45) is 6.10. The van der Waals surface area contributed by atoms with Crippen molar-refractivity contribution >= 4 is 27.7 Å². The number of carbonyl (C=O) groups is 1. The van der Waals surface area contributed by atoms with Crippen LogP contribution in [0.3, 0.4) is 0 Å². The number of hydrogen-bond donors (Lipinski definition) is 0. The average Bonchev–Trinajstić information content (AvgIpc) is 3.16. The highest BCUT2D eigenvalue weighted by molar-refractivity contribution is 6.06. The van der Waals surface area contributed by atoms with Crippen LogP contribution in [-0.4, -0.2) is 5.78 Å². The molecule has 2 atom stereocenters. The molecular formula is C19H22O3. The van der Waals surface area contributed by atoms with Crippen molar-refractivity contribution < 1.29 is 13.6 Å². The smallest absolute Gasteiger partial charge is 0.145 e. The number of Topliss-reactive ketones (excluding diaryl/α,β-unsaturated/α-hetero) is 1. The third-order valence-electron chi connectivity index (χ3n) is 4.58. The van der Waals surface area contributed by atoms with Crippen molar-refractivity contribution in [3.8, 4) is 0 Å². The number of ketones is 1. The lowest BCUT2D eigenvalue weighted by molar-refractivity contribution is -0.124. The lowest BCUT2D eigenvalue weighted by Crippen LogP contribution is -2.19. The first kappa shape index (κ1) is 14.9. The Morgan fingerprint density at radius 2 is 2.00 bits per heavy atom. The maximum Gasteiger partial charge on any atom is 0.145 e. The minimum absolute atomic E-state index is 0.0669. The van der Waals surface area contributed by atoms with E-state index in [4.69, 9.17) is 8.83 Å². The van der Waals surface area contributed by atoms with Gasteiger partial charge in [0.15, 0.2) is 0 Å². The maximum atomic E-state index is 12.8. The molecule has 3 aromatic rings. The molecule has 0 amide bonds. The van der Waals surface area contributed by atoms with Gasteiger partial charge in [0.05, 0.1) is 17.9 Å². The van der Waals surface area contributed by atoms with Crippen molar-refractivity contribution in [2.75, 3.05) is 0 Å². The molecule has 0 N–H and O–H groups in total. The Labute approximate surface area is 130 Å². The molecule has 0 saturated carbocycles. The van der Waals surface area contributed by atoms with Crippen LogP contribution in [0.25, 0.3) is 21.9 Å². The van der Waals surface area contributed by atoms with E-state index in [0.29, 0.717) is 5.78 Å². The van der Waals surface area contributed by atoms with Gasteiger partial charge in [-0.15, -0.1) is 0 Å². The molecule has 1 aromatic carbocycles. The number of hydrogen-bond acceptors (Lipinski definition) is 3. The normalized spacial score (nSPS) is 14.5. The van der Waals surface area contributed by atoms with Crippen molar-refractivity contribution in [3.05, 3.63) is 36.3 Å². The summed E-state index contributed by atoms with van der Waals surface area (Å²) in [6.45, 7) is 6.18. The van der Waals surface area contributed by atoms with Gasteiger partial charge in [-0.1, -0.05) is 27.2 Å². The summed E-state index contributed by atoms with van der Waals surface area (Å²) in [5, 5.41) is 2.00. The SMILES string of the molecule is CCCC(C(=O)C(C)CC)c1coc2ccc3ccoc3c12. The molecule has 3 nitrogen and oxygen atoms in total. The zero-order chi connectivity index (χ0) is 15.7. The van der Waals surface area contributed by atoms with Gasteiger partial charge in [0.2, 0.25) is 0 Å². The maximum absolute atomic E-state index is 12.8. The molecular weight excluding hydrogens is 276 g/mol. The zero-order valence-electron chi connectivity index (χ0n) is 13.4. The Kier molecular flexibility index (Phi) is 4.06. The summed E-state index contributed by atoms with van der Waals surface area (Å²) in [5.41, 5.74) is 2.58. The van der Waals surface area contributed by atoms with Gasteiger partial charge in [-0.2, -0.15) is 0 Å². The van der Waals surface area contributed by atoms with E-state index >= 15 is 0 Å². The Bertz CT molecular complexity index is 793. The monoisotopic (exact) mass is 298 g/mol. The molecule has 0 fully saturated rings. The Hall–Kier alpha value is -2.03. The van der Waals surface area contributed by atoms with E-state index in [1.54, 1.807) is 12.5 Å². The second-order valence-electron chi connectivity index (χ2n) is 6.02. The standard InChI is InChI=1S/C19H22O3/c1-4-6-14(18(20)12(3)5-2)15-11-22-16-8-7-13-9-10-21-19(13)17(15)16/h7-12,14H,4-6H2,1-3H3. The fourth-order valence-corrected chi connectivity index (χ4v) is 3.11. The van der Waals surface area contributed by atoms with E-state index in [9.17, 15) is 4.79 Å². The van der Waals surface area contributed by atoms with Crippen molar-refractivity contribution in [1.82, 2.24) is 0 Å². The highest BCUT2D eigenvalue weighted by Gasteiger charge is 2.28. The molecule has 3 heteroatoms. The fraction of sp³-hybridized carbons (Fsp3) is 0.421. The first-order valence-corrected chi connectivity index (χ1v) is 8.08. The quantitative estimate of drug-likeness (QED) is 0.588. The van der Waals surface area contributed by atoms with E-state index in [-0.39, 0.29) is 11.8 Å². The molecule has 0 bridgehead atoms. The average molecular weight is 298 g/mol. The molecule has 22 heavy (non-hydrogen) atoms. The van der Waals surface area contributed by atoms with E-state index < -0.39 is 0 Å². The largest absolute Gasteiger partial charge is 0.464 e. The number of carbonyl (C=O) groups excluding carboxylic acids is 1. The Morgan fingerprint density at radius 1 is 1.18 bits per heavy atom. The third kappa shape index (κ3) is 2.35. The van der Waals surface area contributed by atoms with Crippen LogP contribution in [0.5, 0.6) is 0 Å². The summed E-state index contributed by atoms with van der Waals surface area (Å²) < 4.78 is 11.4. The number of benzene rings is 1. The molecule has 0 aliphatic heterocycles. The first-order chi connectivity index (χ1) is 10.7. The second kappa shape index (κ2) is 5.99. The molecule has 0 aliphatic carbocycles. The van der Waals surface area contributed by atoms with E-state index in [1.165, 1.54) is 0 Å². The molecule has 0 saturated heterocycles. The van der Waals surface area contributed by atoms with Gasteiger partial charge in [-0.3, -0.25) is 4.79 Å². The molecule has 2 heterocycles. The van der Waals surface area contributed by atoms with Crippen molar-refractivity contribution in [2.45, 2.75) is 46.0 Å². The summed E-state index contributed by atoms with van der Waals surface area (Å²) >= 11 is 0. The van der Waals surface area contributed by atoms with Gasteiger partial charge in [0, 0.05) is 22.8 Å². The number of furan rings is 2. The highest BCUT2D eigenvalue weighted by atomic mass is 16.3. The van der Waals surface area contributed by atoms with E-state index in [1.807, 2.05) is 25.1 Å². The Morgan fingerprint density at radius 3 is 2.73 bits per heavy atom. The summed E-state index contributed by atoms with van der Waals surface area (Å²) in [7, 11) is 0. The molecule has 2 unspecified atom stereocenters. The van der Waals surface area contributed by atoms with E-state index in [0.717, 1.165) is 46.8 Å². The highest BCUT2D eigenvalue weighted by Crippen LogP contribution is 2.37. The second-order valence-corrected chi connectivity index (χ2v) is 6.02. The van der Waals surface area contributed by atoms with Crippen LogP contribution < -0.4 is 0 Å². The molecule has 2 aromatic heterocycles.